The molecule has 0 unspecified atom stereocenters. The van der Waals surface area contributed by atoms with Crippen LogP contribution in [0.3, 0.4) is 0 Å². The van der Waals surface area contributed by atoms with Crippen molar-refractivity contribution >= 4 is 5.69 Å². The molecule has 132 valence electrons. The maximum Gasteiger partial charge on any atom is 0.165 e. The van der Waals surface area contributed by atoms with Crippen molar-refractivity contribution in [2.24, 2.45) is 0 Å². The van der Waals surface area contributed by atoms with Gasteiger partial charge in [0.1, 0.15) is 30.0 Å². The fraction of sp³-hybridized carbons (Fsp3) is 0.625. The summed E-state index contributed by atoms with van der Waals surface area (Å²) < 4.78 is 11.3. The van der Waals surface area contributed by atoms with Crippen molar-refractivity contribution < 1.29 is 35.0 Å². The molecule has 0 radical (unpaired) electrons. The molecule has 7 atom stereocenters. The highest BCUT2D eigenvalue weighted by molar-refractivity contribution is 5.63. The Hall–Kier alpha value is -1.26. The third kappa shape index (κ3) is 2.05. The van der Waals surface area contributed by atoms with E-state index in [1.54, 1.807) is 23.1 Å². The van der Waals surface area contributed by atoms with Crippen LogP contribution in [-0.2, 0) is 15.1 Å². The van der Waals surface area contributed by atoms with Crippen molar-refractivity contribution in [1.29, 1.82) is 0 Å². The smallest absolute Gasteiger partial charge is 0.165 e. The van der Waals surface area contributed by atoms with E-state index >= 15 is 0 Å². The molecule has 1 aromatic carbocycles. The highest BCUT2D eigenvalue weighted by atomic mass is 16.6. The summed E-state index contributed by atoms with van der Waals surface area (Å²) in [5, 5.41) is 50.9. The maximum atomic E-state index is 11.0. The van der Waals surface area contributed by atoms with Gasteiger partial charge in [-0.2, -0.15) is 0 Å². The van der Waals surface area contributed by atoms with Gasteiger partial charge in [0.15, 0.2) is 12.5 Å². The van der Waals surface area contributed by atoms with Crippen LogP contribution in [0.2, 0.25) is 0 Å². The zero-order valence-electron chi connectivity index (χ0n) is 12.9. The fourth-order valence-corrected chi connectivity index (χ4v) is 3.94. The third-order valence-corrected chi connectivity index (χ3v) is 5.21. The van der Waals surface area contributed by atoms with Crippen molar-refractivity contribution in [2.45, 2.75) is 48.9 Å². The molecule has 0 saturated carbocycles. The van der Waals surface area contributed by atoms with Crippen LogP contribution in [0.4, 0.5) is 5.69 Å². The second-order valence-electron chi connectivity index (χ2n) is 6.54. The Kier molecular flexibility index (Phi) is 3.81. The first-order chi connectivity index (χ1) is 11.5. The van der Waals surface area contributed by atoms with Crippen molar-refractivity contribution in [3.05, 3.63) is 29.8 Å². The summed E-state index contributed by atoms with van der Waals surface area (Å²) in [6.07, 6.45) is -6.79. The minimum absolute atomic E-state index is 0.351. The van der Waals surface area contributed by atoms with E-state index in [4.69, 9.17) is 9.47 Å². The molecule has 0 bridgehead atoms. The highest BCUT2D eigenvalue weighted by Crippen LogP contribution is 2.51. The van der Waals surface area contributed by atoms with Crippen LogP contribution in [-0.4, -0.2) is 75.6 Å². The quantitative estimate of drug-likeness (QED) is 0.429. The zero-order chi connectivity index (χ0) is 17.1. The number of hydrogen-bond acceptors (Lipinski definition) is 8. The SMILES string of the molecule is OC[C@H]1O[C@H](N2c3ccccc3[C@]3(O)CCO[C@H]23)[C@@H](O)[C@H](O)[C@H]1O. The van der Waals surface area contributed by atoms with Gasteiger partial charge in [-0.05, 0) is 6.07 Å². The molecular formula is C16H21NO7. The molecule has 2 saturated heterocycles. The molecule has 0 spiro atoms. The van der Waals surface area contributed by atoms with Gasteiger partial charge in [0.05, 0.1) is 13.2 Å². The lowest BCUT2D eigenvalue weighted by Crippen LogP contribution is -2.65. The Balaban J connectivity index is 1.75. The van der Waals surface area contributed by atoms with Gasteiger partial charge in [0.25, 0.3) is 0 Å². The maximum absolute atomic E-state index is 11.0. The van der Waals surface area contributed by atoms with E-state index in [0.29, 0.717) is 24.3 Å². The van der Waals surface area contributed by atoms with Crippen LogP contribution in [0, 0.1) is 0 Å². The van der Waals surface area contributed by atoms with Crippen LogP contribution in [0.1, 0.15) is 12.0 Å². The van der Waals surface area contributed by atoms with Gasteiger partial charge in [-0.1, -0.05) is 18.2 Å². The lowest BCUT2D eigenvalue weighted by atomic mass is 9.93. The number of aliphatic hydroxyl groups excluding tert-OH is 4. The first-order valence-corrected chi connectivity index (χ1v) is 8.01. The number of fused-ring (bicyclic) bond motifs is 3. The van der Waals surface area contributed by atoms with Gasteiger partial charge < -0.3 is 39.9 Å². The van der Waals surface area contributed by atoms with Crippen LogP contribution < -0.4 is 4.90 Å². The predicted octanol–water partition coefficient (Wildman–Crippen LogP) is -1.76. The van der Waals surface area contributed by atoms with Crippen LogP contribution in [0.15, 0.2) is 24.3 Å². The summed E-state index contributed by atoms with van der Waals surface area (Å²) in [7, 11) is 0. The fourth-order valence-electron chi connectivity index (χ4n) is 3.94. The number of nitrogens with zero attached hydrogens (tertiary/aromatic N) is 1. The molecule has 0 aliphatic carbocycles. The number of para-hydroxylation sites is 1. The minimum atomic E-state index is -1.48. The van der Waals surface area contributed by atoms with Gasteiger partial charge in [0, 0.05) is 17.7 Å². The Labute approximate surface area is 138 Å². The summed E-state index contributed by atoms with van der Waals surface area (Å²) in [6.45, 7) is -0.157. The molecule has 0 aromatic heterocycles. The molecule has 4 rings (SSSR count). The molecule has 8 heteroatoms. The molecule has 0 amide bonds. The van der Waals surface area contributed by atoms with Crippen molar-refractivity contribution in [3.63, 3.8) is 0 Å². The molecular weight excluding hydrogens is 318 g/mol. The van der Waals surface area contributed by atoms with E-state index in [2.05, 4.69) is 0 Å². The standard InChI is InChI=1S/C16H21NO7/c18-7-10-11(19)12(20)13(21)14(24-10)17-9-4-2-1-3-8(9)16(22)5-6-23-15(16)17/h1-4,10-15,18-22H,5-7H2/t10-,11+,12-,13+,14+,15+,16-/m1/s1. The molecule has 3 aliphatic rings. The first kappa shape index (κ1) is 16.2. The lowest BCUT2D eigenvalue weighted by molar-refractivity contribution is -0.235. The van der Waals surface area contributed by atoms with Gasteiger partial charge in [-0.3, -0.25) is 0 Å². The number of benzene rings is 1. The summed E-state index contributed by atoms with van der Waals surface area (Å²) in [5.74, 6) is 0. The van der Waals surface area contributed by atoms with Crippen molar-refractivity contribution in [1.82, 2.24) is 0 Å². The zero-order valence-corrected chi connectivity index (χ0v) is 12.9. The van der Waals surface area contributed by atoms with Crippen molar-refractivity contribution in [2.75, 3.05) is 18.1 Å². The van der Waals surface area contributed by atoms with Crippen molar-refractivity contribution in [3.8, 4) is 0 Å². The topological polar surface area (TPSA) is 123 Å². The number of aliphatic hydroxyl groups is 5. The molecule has 1 aromatic rings. The third-order valence-electron chi connectivity index (χ3n) is 5.21. The highest BCUT2D eigenvalue weighted by Gasteiger charge is 2.59. The molecule has 24 heavy (non-hydrogen) atoms. The monoisotopic (exact) mass is 339 g/mol. The Morgan fingerprint density at radius 1 is 1.12 bits per heavy atom. The Morgan fingerprint density at radius 2 is 1.88 bits per heavy atom. The van der Waals surface area contributed by atoms with Crippen LogP contribution in [0.5, 0.6) is 0 Å². The predicted molar refractivity (Wildman–Crippen MR) is 80.9 cm³/mol. The van der Waals surface area contributed by atoms with Gasteiger partial charge >= 0.3 is 0 Å². The average molecular weight is 339 g/mol. The van der Waals surface area contributed by atoms with E-state index < -0.39 is 49.1 Å². The molecule has 3 aliphatic heterocycles. The second-order valence-corrected chi connectivity index (χ2v) is 6.54. The second kappa shape index (κ2) is 5.63. The van der Waals surface area contributed by atoms with Gasteiger partial charge in [-0.15, -0.1) is 0 Å². The van der Waals surface area contributed by atoms with E-state index in [-0.39, 0.29) is 0 Å². The average Bonchev–Trinajstić information content (AvgIpc) is 3.07. The van der Waals surface area contributed by atoms with E-state index in [1.165, 1.54) is 0 Å². The van der Waals surface area contributed by atoms with E-state index in [9.17, 15) is 25.5 Å². The molecule has 5 N–H and O–H groups in total. The van der Waals surface area contributed by atoms with Crippen LogP contribution >= 0.6 is 0 Å². The summed E-state index contributed by atoms with van der Waals surface area (Å²) in [5.41, 5.74) is 0.0774. The number of ether oxygens (including phenoxy) is 2. The van der Waals surface area contributed by atoms with Crippen LogP contribution in [0.25, 0.3) is 0 Å². The lowest BCUT2D eigenvalue weighted by Gasteiger charge is -2.46. The molecule has 2 fully saturated rings. The number of rotatable bonds is 2. The largest absolute Gasteiger partial charge is 0.394 e. The first-order valence-electron chi connectivity index (χ1n) is 8.01. The molecule has 3 heterocycles. The minimum Gasteiger partial charge on any atom is -0.394 e. The summed E-state index contributed by atoms with van der Waals surface area (Å²) in [4.78, 5) is 1.59. The number of hydrogen-bond donors (Lipinski definition) is 5. The van der Waals surface area contributed by atoms with E-state index in [1.807, 2.05) is 6.07 Å². The van der Waals surface area contributed by atoms with Gasteiger partial charge in [-0.25, -0.2) is 0 Å². The number of anilines is 1. The Bertz CT molecular complexity index is 626. The summed E-state index contributed by atoms with van der Waals surface area (Å²) >= 11 is 0. The summed E-state index contributed by atoms with van der Waals surface area (Å²) in [6, 6.07) is 7.17. The van der Waals surface area contributed by atoms with E-state index in [0.717, 1.165) is 0 Å². The van der Waals surface area contributed by atoms with Gasteiger partial charge in [0.2, 0.25) is 0 Å². The Morgan fingerprint density at radius 3 is 2.62 bits per heavy atom. The normalized spacial score (nSPS) is 44.5. The molecule has 8 nitrogen and oxygen atoms in total.